The second-order valence-corrected chi connectivity index (χ2v) is 4.47. The molecule has 0 aliphatic heterocycles. The Bertz CT molecular complexity index is 602. The minimum Gasteiger partial charge on any atom is -0.504 e. The zero-order valence-corrected chi connectivity index (χ0v) is 16.6. The minimum absolute atomic E-state index is 0. The topological polar surface area (TPSA) is 121 Å². The predicted octanol–water partition coefficient (Wildman–Crippen LogP) is 3.29. The molecule has 144 valence electrons. The average Bonchev–Trinajstić information content (AvgIpc) is 2.57. The summed E-state index contributed by atoms with van der Waals surface area (Å²) >= 11 is 0. The van der Waals surface area contributed by atoms with Crippen LogP contribution in [0.1, 0.15) is 0 Å². The van der Waals surface area contributed by atoms with E-state index in [2.05, 4.69) is 0 Å². The maximum atomic E-state index is 8.67. The molecule has 0 spiro atoms. The first-order valence-electron chi connectivity index (χ1n) is 6.82. The Hall–Kier alpha value is -2.29. The SMILES string of the molecule is Oc1ccccc1O.Oc1ccccc1O.Oc1ccccc1O.[Rh].[Rh]. The van der Waals surface area contributed by atoms with Gasteiger partial charge in [-0.3, -0.25) is 0 Å². The van der Waals surface area contributed by atoms with Gasteiger partial charge in [-0.05, 0) is 36.4 Å². The molecule has 0 aromatic heterocycles. The van der Waals surface area contributed by atoms with Crippen molar-refractivity contribution in [1.29, 1.82) is 0 Å². The van der Waals surface area contributed by atoms with Crippen LogP contribution in [-0.4, -0.2) is 30.6 Å². The van der Waals surface area contributed by atoms with Gasteiger partial charge in [0.1, 0.15) is 0 Å². The number of para-hydroxylation sites is 6. The molecule has 0 saturated heterocycles. The molecule has 8 heteroatoms. The Labute approximate surface area is 176 Å². The molecule has 0 heterocycles. The van der Waals surface area contributed by atoms with Crippen molar-refractivity contribution < 1.29 is 69.6 Å². The van der Waals surface area contributed by atoms with E-state index in [1.807, 2.05) is 0 Å². The predicted molar refractivity (Wildman–Crippen MR) is 89.3 cm³/mol. The zero-order chi connectivity index (χ0) is 17.9. The molecule has 0 bridgehead atoms. The smallest absolute Gasteiger partial charge is 0.157 e. The van der Waals surface area contributed by atoms with E-state index in [1.165, 1.54) is 36.4 Å². The van der Waals surface area contributed by atoms with E-state index in [1.54, 1.807) is 36.4 Å². The summed E-state index contributed by atoms with van der Waals surface area (Å²) in [5.74, 6) is -0.458. The quantitative estimate of drug-likeness (QED) is 0.194. The first-order chi connectivity index (χ1) is 11.4. The van der Waals surface area contributed by atoms with Crippen molar-refractivity contribution in [2.45, 2.75) is 0 Å². The summed E-state index contributed by atoms with van der Waals surface area (Å²) in [5.41, 5.74) is 0. The van der Waals surface area contributed by atoms with Crippen LogP contribution in [0.2, 0.25) is 0 Å². The van der Waals surface area contributed by atoms with Gasteiger partial charge in [0, 0.05) is 39.0 Å². The molecule has 0 aliphatic rings. The van der Waals surface area contributed by atoms with E-state index < -0.39 is 0 Å². The van der Waals surface area contributed by atoms with Gasteiger partial charge in [-0.15, -0.1) is 0 Å². The van der Waals surface area contributed by atoms with Crippen LogP contribution < -0.4 is 0 Å². The molecule has 0 fully saturated rings. The van der Waals surface area contributed by atoms with Crippen LogP contribution in [-0.2, 0) is 39.0 Å². The second kappa shape index (κ2) is 13.9. The number of aromatic hydroxyl groups is 6. The van der Waals surface area contributed by atoms with Gasteiger partial charge < -0.3 is 30.6 Å². The third-order valence-electron chi connectivity index (χ3n) is 2.65. The van der Waals surface area contributed by atoms with E-state index >= 15 is 0 Å². The number of hydrogen-bond donors (Lipinski definition) is 6. The van der Waals surface area contributed by atoms with E-state index in [0.29, 0.717) is 0 Å². The van der Waals surface area contributed by atoms with Crippen molar-refractivity contribution in [2.24, 2.45) is 0 Å². The molecule has 0 atom stereocenters. The molecular formula is C18H18O6Rh2. The largest absolute Gasteiger partial charge is 0.504 e. The second-order valence-electron chi connectivity index (χ2n) is 4.47. The molecule has 2 radical (unpaired) electrons. The molecule has 6 N–H and O–H groups in total. The van der Waals surface area contributed by atoms with Crippen LogP contribution in [0.4, 0.5) is 0 Å². The molecule has 6 nitrogen and oxygen atoms in total. The van der Waals surface area contributed by atoms with Gasteiger partial charge in [0.2, 0.25) is 0 Å². The standard InChI is InChI=1S/3C6H6O2.2Rh/c3*7-5-3-1-2-4-6(5)8;;/h3*1-4,7-8H;;. The summed E-state index contributed by atoms with van der Waals surface area (Å²) in [6.07, 6.45) is 0. The van der Waals surface area contributed by atoms with Crippen molar-refractivity contribution in [1.82, 2.24) is 0 Å². The van der Waals surface area contributed by atoms with E-state index in [4.69, 9.17) is 30.6 Å². The first kappa shape index (κ1) is 25.9. The van der Waals surface area contributed by atoms with Crippen LogP contribution in [0, 0.1) is 0 Å². The molecule has 0 amide bonds. The Morgan fingerprint density at radius 2 is 0.423 bits per heavy atom. The van der Waals surface area contributed by atoms with E-state index in [-0.39, 0.29) is 73.5 Å². The third kappa shape index (κ3) is 9.87. The van der Waals surface area contributed by atoms with Gasteiger partial charge in [0.05, 0.1) is 0 Å². The monoisotopic (exact) mass is 536 g/mol. The van der Waals surface area contributed by atoms with E-state index in [0.717, 1.165) is 0 Å². The van der Waals surface area contributed by atoms with Crippen LogP contribution >= 0.6 is 0 Å². The van der Waals surface area contributed by atoms with Crippen LogP contribution in [0.15, 0.2) is 72.8 Å². The van der Waals surface area contributed by atoms with Crippen LogP contribution in [0.5, 0.6) is 34.5 Å². The van der Waals surface area contributed by atoms with Crippen LogP contribution in [0.3, 0.4) is 0 Å². The molecule has 0 unspecified atom stereocenters. The van der Waals surface area contributed by atoms with Gasteiger partial charge in [-0.25, -0.2) is 0 Å². The Balaban J connectivity index is 0. The number of benzene rings is 3. The average molecular weight is 536 g/mol. The Morgan fingerprint density at radius 1 is 0.308 bits per heavy atom. The van der Waals surface area contributed by atoms with Crippen molar-refractivity contribution in [3.63, 3.8) is 0 Å². The van der Waals surface area contributed by atoms with Gasteiger partial charge in [0.15, 0.2) is 34.5 Å². The first-order valence-corrected chi connectivity index (χ1v) is 6.82. The molecule has 3 rings (SSSR count). The molecule has 0 aliphatic carbocycles. The molecule has 3 aromatic carbocycles. The van der Waals surface area contributed by atoms with Gasteiger partial charge in [0.25, 0.3) is 0 Å². The number of rotatable bonds is 0. The Kier molecular flexibility index (Phi) is 13.9. The van der Waals surface area contributed by atoms with Gasteiger partial charge in [-0.2, -0.15) is 0 Å². The fourth-order valence-corrected chi connectivity index (χ4v) is 1.39. The fourth-order valence-electron chi connectivity index (χ4n) is 1.39. The number of phenols is 6. The van der Waals surface area contributed by atoms with Crippen molar-refractivity contribution >= 4 is 0 Å². The third-order valence-corrected chi connectivity index (χ3v) is 2.65. The number of hydrogen-bond acceptors (Lipinski definition) is 6. The summed E-state index contributed by atoms with van der Waals surface area (Å²) in [6.45, 7) is 0. The molecule has 3 aromatic rings. The van der Waals surface area contributed by atoms with Crippen LogP contribution in [0.25, 0.3) is 0 Å². The van der Waals surface area contributed by atoms with Crippen molar-refractivity contribution in [3.05, 3.63) is 72.8 Å². The van der Waals surface area contributed by atoms with Crippen molar-refractivity contribution in [2.75, 3.05) is 0 Å². The molecule has 26 heavy (non-hydrogen) atoms. The fraction of sp³-hybridized carbons (Fsp3) is 0. The summed E-state index contributed by atoms with van der Waals surface area (Å²) < 4.78 is 0. The summed E-state index contributed by atoms with van der Waals surface area (Å²) in [7, 11) is 0. The summed E-state index contributed by atoms with van der Waals surface area (Å²) in [6, 6.07) is 18.4. The maximum Gasteiger partial charge on any atom is 0.157 e. The van der Waals surface area contributed by atoms with Gasteiger partial charge >= 0.3 is 0 Å². The summed E-state index contributed by atoms with van der Waals surface area (Å²) in [4.78, 5) is 0. The Morgan fingerprint density at radius 3 is 0.500 bits per heavy atom. The zero-order valence-electron chi connectivity index (χ0n) is 13.3. The van der Waals surface area contributed by atoms with Crippen molar-refractivity contribution in [3.8, 4) is 34.5 Å². The molecule has 0 saturated carbocycles. The maximum absolute atomic E-state index is 8.67. The summed E-state index contributed by atoms with van der Waals surface area (Å²) in [5, 5.41) is 52.0. The minimum atomic E-state index is -0.0764. The van der Waals surface area contributed by atoms with E-state index in [9.17, 15) is 0 Å². The molecular weight excluding hydrogens is 518 g/mol. The normalized spacial score (nSPS) is 8.31. The number of phenolic OH excluding ortho intramolecular Hbond substituents is 6. The van der Waals surface area contributed by atoms with Gasteiger partial charge in [-0.1, -0.05) is 36.4 Å².